The van der Waals surface area contributed by atoms with E-state index in [1.165, 1.54) is 23.2 Å². The lowest BCUT2D eigenvalue weighted by Crippen LogP contribution is -2.50. The summed E-state index contributed by atoms with van der Waals surface area (Å²) in [6, 6.07) is 2.74. The molecule has 112 valence electrons. The van der Waals surface area contributed by atoms with Gasteiger partial charge in [0, 0.05) is 25.3 Å². The van der Waals surface area contributed by atoms with Gasteiger partial charge in [0.25, 0.3) is 5.91 Å². The molecule has 0 saturated carbocycles. The molecular weight excluding hydrogens is 271 g/mol. The highest BCUT2D eigenvalue weighted by molar-refractivity contribution is 5.92. The van der Waals surface area contributed by atoms with Gasteiger partial charge in [-0.3, -0.25) is 4.79 Å². The summed E-state index contributed by atoms with van der Waals surface area (Å²) in [4.78, 5) is 13.8. The van der Waals surface area contributed by atoms with Gasteiger partial charge < -0.3 is 15.2 Å². The lowest BCUT2D eigenvalue weighted by molar-refractivity contribution is -0.140. The van der Waals surface area contributed by atoms with Gasteiger partial charge in [-0.25, -0.2) is 0 Å². The number of nitrogens with zero attached hydrogens (tertiary/aromatic N) is 2. The summed E-state index contributed by atoms with van der Waals surface area (Å²) in [6.45, 7) is 1.78. The summed E-state index contributed by atoms with van der Waals surface area (Å²) >= 11 is 0. The number of piperidine rings is 1. The van der Waals surface area contributed by atoms with Crippen molar-refractivity contribution in [3.05, 3.63) is 24.0 Å². The molecule has 1 aliphatic rings. The van der Waals surface area contributed by atoms with Crippen LogP contribution in [0.15, 0.2) is 18.3 Å². The van der Waals surface area contributed by atoms with Gasteiger partial charge in [-0.05, 0) is 24.5 Å². The monoisotopic (exact) mass is 289 g/mol. The predicted octanol–water partition coefficient (Wildman–Crippen LogP) is 1.86. The van der Waals surface area contributed by atoms with Gasteiger partial charge in [-0.15, -0.1) is 0 Å². The minimum Gasteiger partial charge on any atom is -0.336 e. The minimum absolute atomic E-state index is 0.0593. The minimum atomic E-state index is -4.35. The molecule has 1 amide bonds. The number of amides is 1. The SMILES string of the molecule is CC1CCN(C(=O)c2cccn2CC(F)(F)F)CC1N. The van der Waals surface area contributed by atoms with E-state index in [4.69, 9.17) is 5.73 Å². The highest BCUT2D eigenvalue weighted by Gasteiger charge is 2.32. The molecule has 7 heteroatoms. The molecule has 1 aliphatic heterocycles. The number of halogens is 3. The highest BCUT2D eigenvalue weighted by Crippen LogP contribution is 2.21. The first kappa shape index (κ1) is 14.9. The molecule has 0 spiro atoms. The second-order valence-electron chi connectivity index (χ2n) is 5.32. The second-order valence-corrected chi connectivity index (χ2v) is 5.32. The van der Waals surface area contributed by atoms with Crippen LogP contribution in [-0.4, -0.2) is 40.7 Å². The van der Waals surface area contributed by atoms with Crippen LogP contribution in [0.3, 0.4) is 0 Å². The third-order valence-corrected chi connectivity index (χ3v) is 3.70. The van der Waals surface area contributed by atoms with Crippen molar-refractivity contribution < 1.29 is 18.0 Å². The van der Waals surface area contributed by atoms with E-state index in [1.807, 2.05) is 6.92 Å². The molecule has 0 aliphatic carbocycles. The maximum Gasteiger partial charge on any atom is 0.406 e. The Kier molecular flexibility index (Phi) is 4.08. The van der Waals surface area contributed by atoms with E-state index in [-0.39, 0.29) is 17.6 Å². The second kappa shape index (κ2) is 5.47. The fourth-order valence-corrected chi connectivity index (χ4v) is 2.38. The number of hydrogen-bond donors (Lipinski definition) is 1. The molecular formula is C13H18F3N3O. The van der Waals surface area contributed by atoms with E-state index < -0.39 is 12.7 Å². The van der Waals surface area contributed by atoms with Crippen molar-refractivity contribution in [2.45, 2.75) is 32.1 Å². The summed E-state index contributed by atoms with van der Waals surface area (Å²) in [6.07, 6.45) is -2.30. The number of carbonyl (C=O) groups excluding carboxylic acids is 1. The molecule has 0 bridgehead atoms. The van der Waals surface area contributed by atoms with E-state index in [0.717, 1.165) is 11.0 Å². The van der Waals surface area contributed by atoms with Gasteiger partial charge in [0.05, 0.1) is 0 Å². The van der Waals surface area contributed by atoms with Crippen LogP contribution in [0.5, 0.6) is 0 Å². The zero-order valence-corrected chi connectivity index (χ0v) is 11.2. The summed E-state index contributed by atoms with van der Waals surface area (Å²) in [5, 5.41) is 0. The average Bonchev–Trinajstić information content (AvgIpc) is 2.77. The normalized spacial score (nSPS) is 23.9. The van der Waals surface area contributed by atoms with Crippen molar-refractivity contribution in [3.8, 4) is 0 Å². The predicted molar refractivity (Wildman–Crippen MR) is 68.1 cm³/mol. The van der Waals surface area contributed by atoms with E-state index in [0.29, 0.717) is 19.0 Å². The third kappa shape index (κ3) is 3.33. The van der Waals surface area contributed by atoms with Crippen LogP contribution in [0.1, 0.15) is 23.8 Å². The number of nitrogens with two attached hydrogens (primary N) is 1. The first-order valence-electron chi connectivity index (χ1n) is 6.54. The molecule has 4 nitrogen and oxygen atoms in total. The van der Waals surface area contributed by atoms with E-state index >= 15 is 0 Å². The third-order valence-electron chi connectivity index (χ3n) is 3.70. The Balaban J connectivity index is 2.12. The highest BCUT2D eigenvalue weighted by atomic mass is 19.4. The molecule has 20 heavy (non-hydrogen) atoms. The van der Waals surface area contributed by atoms with Gasteiger partial charge in [-0.2, -0.15) is 13.2 Å². The van der Waals surface area contributed by atoms with Gasteiger partial charge in [0.1, 0.15) is 12.2 Å². The fourth-order valence-electron chi connectivity index (χ4n) is 2.38. The Bertz CT molecular complexity index is 483. The quantitative estimate of drug-likeness (QED) is 0.903. The molecule has 2 N–H and O–H groups in total. The van der Waals surface area contributed by atoms with Gasteiger partial charge in [0.2, 0.25) is 0 Å². The zero-order chi connectivity index (χ0) is 14.9. The molecule has 2 rings (SSSR count). The molecule has 0 aromatic carbocycles. The Labute approximate surface area is 115 Å². The molecule has 1 fully saturated rings. The van der Waals surface area contributed by atoms with Crippen LogP contribution in [0, 0.1) is 5.92 Å². The van der Waals surface area contributed by atoms with Gasteiger partial charge >= 0.3 is 6.18 Å². The summed E-state index contributed by atoms with van der Waals surface area (Å²) in [5.41, 5.74) is 5.98. The van der Waals surface area contributed by atoms with Crippen molar-refractivity contribution in [1.29, 1.82) is 0 Å². The molecule has 1 saturated heterocycles. The van der Waals surface area contributed by atoms with Gasteiger partial charge in [0.15, 0.2) is 0 Å². The summed E-state index contributed by atoms with van der Waals surface area (Å²) < 4.78 is 38.3. The lowest BCUT2D eigenvalue weighted by atomic mass is 9.94. The molecule has 2 unspecified atom stereocenters. The number of carbonyl (C=O) groups is 1. The van der Waals surface area contributed by atoms with Crippen molar-refractivity contribution in [1.82, 2.24) is 9.47 Å². The number of rotatable bonds is 2. The van der Waals surface area contributed by atoms with Crippen molar-refractivity contribution in [2.75, 3.05) is 13.1 Å². The number of likely N-dealkylation sites (tertiary alicyclic amines) is 1. The smallest absolute Gasteiger partial charge is 0.336 e. The molecule has 2 heterocycles. The van der Waals surface area contributed by atoms with Crippen molar-refractivity contribution in [2.24, 2.45) is 11.7 Å². The largest absolute Gasteiger partial charge is 0.406 e. The first-order chi connectivity index (χ1) is 9.28. The Morgan fingerprint density at radius 3 is 2.80 bits per heavy atom. The maximum atomic E-state index is 12.5. The number of hydrogen-bond acceptors (Lipinski definition) is 2. The topological polar surface area (TPSA) is 51.3 Å². The number of alkyl halides is 3. The lowest BCUT2D eigenvalue weighted by Gasteiger charge is -2.35. The zero-order valence-electron chi connectivity index (χ0n) is 11.2. The molecule has 1 aromatic heterocycles. The maximum absolute atomic E-state index is 12.5. The average molecular weight is 289 g/mol. The van der Waals surface area contributed by atoms with E-state index in [9.17, 15) is 18.0 Å². The number of aromatic nitrogens is 1. The van der Waals surface area contributed by atoms with E-state index in [2.05, 4.69) is 0 Å². The van der Waals surface area contributed by atoms with Crippen LogP contribution in [0.25, 0.3) is 0 Å². The van der Waals surface area contributed by atoms with E-state index in [1.54, 1.807) is 0 Å². The van der Waals surface area contributed by atoms with Gasteiger partial charge in [-0.1, -0.05) is 6.92 Å². The summed E-state index contributed by atoms with van der Waals surface area (Å²) in [5.74, 6) is -0.0670. The van der Waals surface area contributed by atoms with Crippen molar-refractivity contribution >= 4 is 5.91 Å². The van der Waals surface area contributed by atoms with Crippen LogP contribution < -0.4 is 5.73 Å². The van der Waals surface area contributed by atoms with Crippen LogP contribution in [-0.2, 0) is 6.54 Å². The Hall–Kier alpha value is -1.50. The van der Waals surface area contributed by atoms with Crippen LogP contribution in [0.4, 0.5) is 13.2 Å². The van der Waals surface area contributed by atoms with Crippen LogP contribution in [0.2, 0.25) is 0 Å². The molecule has 1 aromatic rings. The Morgan fingerprint density at radius 2 is 2.20 bits per heavy atom. The summed E-state index contributed by atoms with van der Waals surface area (Å²) in [7, 11) is 0. The first-order valence-corrected chi connectivity index (χ1v) is 6.54. The van der Waals surface area contributed by atoms with Crippen LogP contribution >= 0.6 is 0 Å². The van der Waals surface area contributed by atoms with Crippen molar-refractivity contribution in [3.63, 3.8) is 0 Å². The standard InChI is InChI=1S/C13H18F3N3O/c1-9-4-6-18(7-10(9)17)12(20)11-3-2-5-19(11)8-13(14,15)16/h2-3,5,9-10H,4,6-8,17H2,1H3. The molecule has 0 radical (unpaired) electrons. The molecule has 2 atom stereocenters. The Morgan fingerprint density at radius 1 is 1.50 bits per heavy atom. The fraction of sp³-hybridized carbons (Fsp3) is 0.615.